The van der Waals surface area contributed by atoms with E-state index in [1.807, 2.05) is 0 Å². The number of hydrogen-bond acceptors (Lipinski definition) is 3. The molecule has 1 aromatic rings. The van der Waals surface area contributed by atoms with Crippen molar-refractivity contribution < 1.29 is 31.8 Å². The van der Waals surface area contributed by atoms with Gasteiger partial charge >= 0.3 is 12.3 Å². The second-order valence-electron chi connectivity index (χ2n) is 7.46. The van der Waals surface area contributed by atoms with E-state index in [9.17, 15) is 22.4 Å². The van der Waals surface area contributed by atoms with Gasteiger partial charge in [0.1, 0.15) is 17.2 Å². The molecule has 0 aromatic heterocycles. The van der Waals surface area contributed by atoms with Crippen LogP contribution in [-0.4, -0.2) is 42.0 Å². The number of likely N-dealkylation sites (tertiary alicyclic amines) is 1. The van der Waals surface area contributed by atoms with Gasteiger partial charge in [-0.15, -0.1) is 0 Å². The van der Waals surface area contributed by atoms with Gasteiger partial charge in [0.05, 0.1) is 5.02 Å². The summed E-state index contributed by atoms with van der Waals surface area (Å²) in [4.78, 5) is 13.4. The van der Waals surface area contributed by atoms with Gasteiger partial charge in [-0.25, -0.2) is 9.18 Å². The molecule has 152 valence electrons. The molecule has 4 nitrogen and oxygen atoms in total. The zero-order chi connectivity index (χ0) is 20.4. The van der Waals surface area contributed by atoms with E-state index in [0.29, 0.717) is 0 Å². The standard InChI is InChI=1S/C18H22ClF4NO3/c1-17(2,3)27-16(25)24-8-6-11(7-9-24)15(18(21,22)23)26-14-5-4-12(20)10-13(14)19/h4-5,10-11,15H,6-9H2,1-3H3. The summed E-state index contributed by atoms with van der Waals surface area (Å²) in [6, 6.07) is 2.96. The second kappa shape index (κ2) is 8.12. The van der Waals surface area contributed by atoms with Crippen molar-refractivity contribution in [3.63, 3.8) is 0 Å². The topological polar surface area (TPSA) is 38.8 Å². The Morgan fingerprint density at radius 3 is 2.30 bits per heavy atom. The smallest absolute Gasteiger partial charge is 0.425 e. The number of hydrogen-bond donors (Lipinski definition) is 0. The lowest BCUT2D eigenvalue weighted by atomic mass is 9.90. The molecule has 9 heteroatoms. The number of ether oxygens (including phenoxy) is 2. The lowest BCUT2D eigenvalue weighted by Gasteiger charge is -2.37. The van der Waals surface area contributed by atoms with Gasteiger partial charge in [-0.3, -0.25) is 0 Å². The third-order valence-corrected chi connectivity index (χ3v) is 4.39. The number of carbonyl (C=O) groups excluding carboxylic acids is 1. The van der Waals surface area contributed by atoms with Crippen molar-refractivity contribution in [1.82, 2.24) is 4.90 Å². The van der Waals surface area contributed by atoms with Crippen molar-refractivity contribution in [2.45, 2.75) is 51.5 Å². The summed E-state index contributed by atoms with van der Waals surface area (Å²) in [5, 5.41) is -0.226. The second-order valence-corrected chi connectivity index (χ2v) is 7.87. The molecular formula is C18H22ClF4NO3. The van der Waals surface area contributed by atoms with E-state index in [4.69, 9.17) is 21.1 Å². The minimum Gasteiger partial charge on any atom is -0.479 e. The molecule has 0 bridgehead atoms. The van der Waals surface area contributed by atoms with Crippen molar-refractivity contribution in [3.05, 3.63) is 29.0 Å². The fraction of sp³-hybridized carbons (Fsp3) is 0.611. The van der Waals surface area contributed by atoms with Crippen LogP contribution >= 0.6 is 11.6 Å². The van der Waals surface area contributed by atoms with Crippen molar-refractivity contribution in [2.24, 2.45) is 5.92 Å². The number of amides is 1. The number of rotatable bonds is 3. The summed E-state index contributed by atoms with van der Waals surface area (Å²) in [6.07, 6.45) is -7.07. The Morgan fingerprint density at radius 2 is 1.81 bits per heavy atom. The molecular weight excluding hydrogens is 390 g/mol. The normalized spacial score (nSPS) is 17.6. The van der Waals surface area contributed by atoms with Gasteiger partial charge in [0, 0.05) is 19.0 Å². The highest BCUT2D eigenvalue weighted by Crippen LogP contribution is 2.37. The van der Waals surface area contributed by atoms with E-state index in [2.05, 4.69) is 0 Å². The number of nitrogens with zero attached hydrogens (tertiary/aromatic N) is 1. The monoisotopic (exact) mass is 411 g/mol. The lowest BCUT2D eigenvalue weighted by molar-refractivity contribution is -0.213. The molecule has 1 aliphatic rings. The van der Waals surface area contributed by atoms with Crippen LogP contribution in [0.5, 0.6) is 5.75 Å². The Bertz CT molecular complexity index is 668. The number of alkyl halides is 3. The summed E-state index contributed by atoms with van der Waals surface area (Å²) < 4.78 is 64.1. The van der Waals surface area contributed by atoms with Gasteiger partial charge in [0.25, 0.3) is 0 Å². The predicted molar refractivity (Wildman–Crippen MR) is 92.4 cm³/mol. The molecule has 1 unspecified atom stereocenters. The Hall–Kier alpha value is -1.70. The third-order valence-electron chi connectivity index (χ3n) is 4.09. The first-order valence-electron chi connectivity index (χ1n) is 8.53. The molecule has 0 aliphatic carbocycles. The molecule has 0 radical (unpaired) electrons. The molecule has 1 atom stereocenters. The summed E-state index contributed by atoms with van der Waals surface area (Å²) in [5.41, 5.74) is -0.676. The van der Waals surface area contributed by atoms with Crippen LogP contribution in [0.1, 0.15) is 33.6 Å². The molecule has 1 aromatic carbocycles. The first kappa shape index (κ1) is 21.6. The van der Waals surface area contributed by atoms with Crippen LogP contribution in [0.15, 0.2) is 18.2 Å². The van der Waals surface area contributed by atoms with E-state index in [0.717, 1.165) is 18.2 Å². The molecule has 1 aliphatic heterocycles. The predicted octanol–water partition coefficient (Wildman–Crippen LogP) is 5.44. The zero-order valence-corrected chi connectivity index (χ0v) is 16.0. The SMILES string of the molecule is CC(C)(C)OC(=O)N1CCC(C(Oc2ccc(F)cc2Cl)C(F)(F)F)CC1. The van der Waals surface area contributed by atoms with Crippen molar-refractivity contribution in [3.8, 4) is 5.75 Å². The molecule has 1 amide bonds. The van der Waals surface area contributed by atoms with Crippen LogP contribution in [0.4, 0.5) is 22.4 Å². The summed E-state index contributed by atoms with van der Waals surface area (Å²) in [6.45, 7) is 5.42. The van der Waals surface area contributed by atoms with E-state index in [-0.39, 0.29) is 36.7 Å². The Kier molecular flexibility index (Phi) is 6.50. The van der Waals surface area contributed by atoms with Gasteiger partial charge in [-0.05, 0) is 51.8 Å². The molecule has 0 N–H and O–H groups in total. The molecule has 1 saturated heterocycles. The van der Waals surface area contributed by atoms with E-state index >= 15 is 0 Å². The van der Waals surface area contributed by atoms with Crippen molar-refractivity contribution in [2.75, 3.05) is 13.1 Å². The van der Waals surface area contributed by atoms with Crippen LogP contribution in [0.2, 0.25) is 5.02 Å². The number of halogens is 5. The van der Waals surface area contributed by atoms with Gasteiger partial charge in [-0.1, -0.05) is 11.6 Å². The van der Waals surface area contributed by atoms with E-state index in [1.54, 1.807) is 20.8 Å². The van der Waals surface area contributed by atoms with Crippen molar-refractivity contribution >= 4 is 17.7 Å². The van der Waals surface area contributed by atoms with Gasteiger partial charge in [-0.2, -0.15) is 13.2 Å². The maximum atomic E-state index is 13.5. The van der Waals surface area contributed by atoms with E-state index < -0.39 is 35.7 Å². The lowest BCUT2D eigenvalue weighted by Crippen LogP contribution is -2.48. The average Bonchev–Trinajstić information content (AvgIpc) is 2.51. The van der Waals surface area contributed by atoms with Crippen LogP contribution in [-0.2, 0) is 4.74 Å². The molecule has 0 spiro atoms. The highest BCUT2D eigenvalue weighted by atomic mass is 35.5. The third kappa shape index (κ3) is 6.16. The minimum atomic E-state index is -4.63. The Morgan fingerprint density at radius 1 is 1.22 bits per heavy atom. The minimum absolute atomic E-state index is 0.0994. The highest BCUT2D eigenvalue weighted by molar-refractivity contribution is 6.32. The average molecular weight is 412 g/mol. The van der Waals surface area contributed by atoms with Crippen LogP contribution < -0.4 is 4.74 Å². The van der Waals surface area contributed by atoms with Crippen molar-refractivity contribution in [1.29, 1.82) is 0 Å². The van der Waals surface area contributed by atoms with Gasteiger partial charge in [0.2, 0.25) is 0 Å². The fourth-order valence-electron chi connectivity index (χ4n) is 2.85. The number of carbonyl (C=O) groups is 1. The molecule has 2 rings (SSSR count). The molecule has 1 fully saturated rings. The maximum Gasteiger partial charge on any atom is 0.425 e. The quantitative estimate of drug-likeness (QED) is 0.622. The largest absolute Gasteiger partial charge is 0.479 e. The zero-order valence-electron chi connectivity index (χ0n) is 15.3. The van der Waals surface area contributed by atoms with Crippen LogP contribution in [0.3, 0.4) is 0 Å². The first-order valence-corrected chi connectivity index (χ1v) is 8.91. The van der Waals surface area contributed by atoms with Gasteiger partial charge in [0.15, 0.2) is 6.10 Å². The fourth-order valence-corrected chi connectivity index (χ4v) is 3.06. The molecule has 0 saturated carbocycles. The molecule has 1 heterocycles. The summed E-state index contributed by atoms with van der Waals surface area (Å²) in [5.74, 6) is -1.75. The maximum absolute atomic E-state index is 13.5. The number of piperidine rings is 1. The highest BCUT2D eigenvalue weighted by Gasteiger charge is 2.48. The summed E-state index contributed by atoms with van der Waals surface area (Å²) in [7, 11) is 0. The Labute approximate surface area is 160 Å². The number of benzene rings is 1. The van der Waals surface area contributed by atoms with Gasteiger partial charge < -0.3 is 14.4 Å². The van der Waals surface area contributed by atoms with E-state index in [1.165, 1.54) is 4.90 Å². The van der Waals surface area contributed by atoms with Crippen LogP contribution in [0, 0.1) is 11.7 Å². The summed E-state index contributed by atoms with van der Waals surface area (Å²) >= 11 is 5.79. The Balaban J connectivity index is 2.06. The molecule has 27 heavy (non-hydrogen) atoms. The van der Waals surface area contributed by atoms with Crippen LogP contribution in [0.25, 0.3) is 0 Å². The first-order chi connectivity index (χ1) is 12.4.